The molecule has 10 heteroatoms. The minimum absolute atomic E-state index is 0.0272. The molecule has 2 rings (SSSR count). The highest BCUT2D eigenvalue weighted by molar-refractivity contribution is 7.85. The van der Waals surface area contributed by atoms with Crippen LogP contribution in [0.3, 0.4) is 0 Å². The monoisotopic (exact) mass is 420 g/mol. The predicted octanol–water partition coefficient (Wildman–Crippen LogP) is 1.91. The van der Waals surface area contributed by atoms with Gasteiger partial charge < -0.3 is 14.8 Å². The molecule has 1 aliphatic rings. The average Bonchev–Trinajstić information content (AvgIpc) is 3.07. The number of pyridine rings is 1. The number of carbonyl (C=O) groups excluding carboxylic acids is 1. The quantitative estimate of drug-likeness (QED) is 0.405. The highest BCUT2D eigenvalue weighted by Gasteiger charge is 2.36. The van der Waals surface area contributed by atoms with E-state index in [0.717, 1.165) is 20.1 Å². The summed E-state index contributed by atoms with van der Waals surface area (Å²) in [6, 6.07) is 1.45. The Balaban J connectivity index is 2.25. The molecule has 1 aromatic rings. The maximum Gasteiger partial charge on any atom is 0.348 e. The summed E-state index contributed by atoms with van der Waals surface area (Å²) in [5, 5.41) is 3.22. The zero-order valence-corrected chi connectivity index (χ0v) is 17.4. The second kappa shape index (κ2) is 8.72. The molecule has 2 atom stereocenters. The maximum atomic E-state index is 12.6. The van der Waals surface area contributed by atoms with E-state index in [0.29, 0.717) is 6.54 Å². The molecule has 0 aliphatic carbocycles. The topological polar surface area (TPSA) is 104 Å². The van der Waals surface area contributed by atoms with Gasteiger partial charge in [0, 0.05) is 18.0 Å². The van der Waals surface area contributed by atoms with Crippen molar-refractivity contribution >= 4 is 27.7 Å². The third-order valence-corrected chi connectivity index (χ3v) is 5.41. The van der Waals surface area contributed by atoms with Gasteiger partial charge >= 0.3 is 5.97 Å². The first-order valence-corrected chi connectivity index (χ1v) is 10.5. The van der Waals surface area contributed by atoms with E-state index < -0.39 is 33.5 Å². The van der Waals surface area contributed by atoms with Gasteiger partial charge in [-0.2, -0.15) is 8.42 Å². The first kappa shape index (κ1) is 21.9. The van der Waals surface area contributed by atoms with Gasteiger partial charge in [0.15, 0.2) is 6.10 Å². The largest absolute Gasteiger partial charge is 0.477 e. The van der Waals surface area contributed by atoms with Gasteiger partial charge in [-0.25, -0.2) is 9.78 Å². The number of aromatic nitrogens is 1. The molecule has 0 bridgehead atoms. The Hall–Kier alpha value is -1.42. The smallest absolute Gasteiger partial charge is 0.348 e. The van der Waals surface area contributed by atoms with Gasteiger partial charge in [0.1, 0.15) is 22.3 Å². The first-order chi connectivity index (χ1) is 12.5. The second-order valence-corrected chi connectivity index (χ2v) is 9.41. The van der Waals surface area contributed by atoms with Crippen LogP contribution in [0, 0.1) is 5.92 Å². The van der Waals surface area contributed by atoms with Crippen molar-refractivity contribution in [3.8, 4) is 5.75 Å². The van der Waals surface area contributed by atoms with E-state index >= 15 is 0 Å². The molecule has 1 fully saturated rings. The molecule has 1 aliphatic heterocycles. The molecule has 0 aromatic carbocycles. The van der Waals surface area contributed by atoms with Crippen molar-refractivity contribution in [2.45, 2.75) is 44.6 Å². The van der Waals surface area contributed by atoms with Crippen LogP contribution in [0.1, 0.15) is 32.8 Å². The minimum atomic E-state index is -3.78. The van der Waals surface area contributed by atoms with E-state index in [1.807, 2.05) is 0 Å². The van der Waals surface area contributed by atoms with Crippen LogP contribution in [-0.2, 0) is 29.6 Å². The van der Waals surface area contributed by atoms with Crippen LogP contribution in [0.15, 0.2) is 12.3 Å². The third kappa shape index (κ3) is 6.60. The summed E-state index contributed by atoms with van der Waals surface area (Å²) in [7, 11) is -2.71. The number of nitrogens with zero attached hydrogens (tertiary/aromatic N) is 1. The van der Waals surface area contributed by atoms with Crippen molar-refractivity contribution in [3.63, 3.8) is 0 Å². The van der Waals surface area contributed by atoms with Gasteiger partial charge in [-0.05, 0) is 39.8 Å². The number of esters is 1. The van der Waals surface area contributed by atoms with Crippen LogP contribution >= 0.6 is 11.6 Å². The molecule has 0 saturated carbocycles. The summed E-state index contributed by atoms with van der Waals surface area (Å²) in [5.41, 5.74) is -0.427. The molecule has 27 heavy (non-hydrogen) atoms. The number of rotatable bonds is 7. The average molecular weight is 421 g/mol. The summed E-state index contributed by atoms with van der Waals surface area (Å²) in [4.78, 5) is 16.6. The van der Waals surface area contributed by atoms with Gasteiger partial charge in [0.25, 0.3) is 10.1 Å². The molecule has 0 amide bonds. The lowest BCUT2D eigenvalue weighted by atomic mass is 10.0. The van der Waals surface area contributed by atoms with Crippen molar-refractivity contribution in [2.24, 2.45) is 5.92 Å². The van der Waals surface area contributed by atoms with Crippen molar-refractivity contribution in [3.05, 3.63) is 23.0 Å². The summed E-state index contributed by atoms with van der Waals surface area (Å²) in [5.74, 6) is -0.753. The number of ether oxygens (including phenoxy) is 2. The van der Waals surface area contributed by atoms with Gasteiger partial charge in [0.05, 0.1) is 13.3 Å². The Morgan fingerprint density at radius 1 is 1.44 bits per heavy atom. The summed E-state index contributed by atoms with van der Waals surface area (Å²) >= 11 is 5.98. The molecule has 152 valence electrons. The number of nitrogens with one attached hydrogen (secondary N) is 1. The molecule has 2 heterocycles. The first-order valence-electron chi connectivity index (χ1n) is 8.54. The van der Waals surface area contributed by atoms with E-state index in [4.69, 9.17) is 21.1 Å². The Morgan fingerprint density at radius 3 is 2.70 bits per heavy atom. The van der Waals surface area contributed by atoms with Crippen molar-refractivity contribution < 1.29 is 26.9 Å². The van der Waals surface area contributed by atoms with Crippen LogP contribution < -0.4 is 10.1 Å². The van der Waals surface area contributed by atoms with E-state index in [2.05, 4.69) is 14.5 Å². The fraction of sp³-hybridized carbons (Fsp3) is 0.647. The second-order valence-electron chi connectivity index (χ2n) is 7.31. The zero-order chi connectivity index (χ0) is 20.2. The Kier molecular flexibility index (Phi) is 7.07. The fourth-order valence-electron chi connectivity index (χ4n) is 2.67. The molecule has 1 saturated heterocycles. The number of hydrogen-bond donors (Lipinski definition) is 1. The minimum Gasteiger partial charge on any atom is -0.477 e. The normalized spacial score (nSPS) is 18.9. The van der Waals surface area contributed by atoms with Gasteiger partial charge in [-0.15, -0.1) is 0 Å². The summed E-state index contributed by atoms with van der Waals surface area (Å²) in [6.45, 7) is 6.75. The Bertz CT molecular complexity index is 772. The number of hydrogen-bond acceptors (Lipinski definition) is 8. The van der Waals surface area contributed by atoms with E-state index in [1.165, 1.54) is 12.3 Å². The van der Waals surface area contributed by atoms with Gasteiger partial charge in [-0.1, -0.05) is 11.6 Å². The van der Waals surface area contributed by atoms with Crippen molar-refractivity contribution in [2.75, 3.05) is 20.2 Å². The maximum absolute atomic E-state index is 12.6. The SMILES string of the molecule is COS(=O)(=O)Cc1cc(OC(C(=O)OC(C)(C)C)[C@@H]2CCNC2)cnc1Cl. The van der Waals surface area contributed by atoms with Gasteiger partial charge in [-0.3, -0.25) is 4.18 Å². The molecule has 1 unspecified atom stereocenters. The highest BCUT2D eigenvalue weighted by atomic mass is 35.5. The van der Waals surface area contributed by atoms with Gasteiger partial charge in [0.2, 0.25) is 0 Å². The summed E-state index contributed by atoms with van der Waals surface area (Å²) in [6.07, 6.45) is 1.27. The van der Waals surface area contributed by atoms with Crippen LogP contribution in [0.2, 0.25) is 5.15 Å². The van der Waals surface area contributed by atoms with E-state index in [-0.39, 0.29) is 22.4 Å². The molecule has 0 radical (unpaired) electrons. The van der Waals surface area contributed by atoms with Crippen LogP contribution in [0.4, 0.5) is 0 Å². The van der Waals surface area contributed by atoms with Crippen LogP contribution in [0.25, 0.3) is 0 Å². The highest BCUT2D eigenvalue weighted by Crippen LogP contribution is 2.26. The summed E-state index contributed by atoms with van der Waals surface area (Å²) < 4.78 is 39.2. The van der Waals surface area contributed by atoms with Crippen LogP contribution in [-0.4, -0.2) is 51.3 Å². The zero-order valence-electron chi connectivity index (χ0n) is 15.8. The standard InChI is InChI=1S/C17H25ClN2O6S/c1-17(2,3)26-16(21)14(11-5-6-19-8-11)25-13-7-12(15(18)20-9-13)10-27(22,23)24-4/h7,9,11,14,19H,5-6,8,10H2,1-4H3/t11-,14?/m1/s1. The van der Waals surface area contributed by atoms with E-state index in [1.54, 1.807) is 20.8 Å². The molecule has 8 nitrogen and oxygen atoms in total. The lowest BCUT2D eigenvalue weighted by Gasteiger charge is -2.27. The lowest BCUT2D eigenvalue weighted by Crippen LogP contribution is -2.41. The Labute approximate surface area is 164 Å². The molecular weight excluding hydrogens is 396 g/mol. The molecular formula is C17H25ClN2O6S. The lowest BCUT2D eigenvalue weighted by molar-refractivity contribution is -0.165. The van der Waals surface area contributed by atoms with Crippen molar-refractivity contribution in [1.29, 1.82) is 0 Å². The molecule has 0 spiro atoms. The predicted molar refractivity (Wildman–Crippen MR) is 100 cm³/mol. The van der Waals surface area contributed by atoms with E-state index in [9.17, 15) is 13.2 Å². The van der Waals surface area contributed by atoms with Crippen LogP contribution in [0.5, 0.6) is 5.75 Å². The third-order valence-electron chi connectivity index (χ3n) is 3.90. The number of carbonyl (C=O) groups is 1. The Morgan fingerprint density at radius 2 is 2.15 bits per heavy atom. The van der Waals surface area contributed by atoms with Crippen molar-refractivity contribution in [1.82, 2.24) is 10.3 Å². The molecule has 1 aromatic heterocycles. The number of halogens is 1. The molecule has 1 N–H and O–H groups in total. The fourth-order valence-corrected chi connectivity index (χ4v) is 3.63.